The number of anilines is 1. The number of hydrogen-bond acceptors (Lipinski definition) is 2. The minimum absolute atomic E-state index is 0.00914. The molecular weight excluding hydrogens is 277 g/mol. The van der Waals surface area contributed by atoms with Crippen molar-refractivity contribution in [2.24, 2.45) is 0 Å². The summed E-state index contributed by atoms with van der Waals surface area (Å²) < 4.78 is 38.8. The van der Waals surface area contributed by atoms with Crippen LogP contribution in [0, 0.1) is 18.3 Å². The molecule has 0 saturated heterocycles. The first-order chi connectivity index (χ1) is 9.93. The van der Waals surface area contributed by atoms with Crippen LogP contribution < -0.4 is 5.32 Å². The van der Waals surface area contributed by atoms with Gasteiger partial charge in [-0.2, -0.15) is 18.4 Å². The zero-order valence-corrected chi connectivity index (χ0v) is 11.3. The number of nitriles is 1. The van der Waals surface area contributed by atoms with E-state index >= 15 is 0 Å². The van der Waals surface area contributed by atoms with Crippen molar-refractivity contribution in [1.82, 2.24) is 0 Å². The highest BCUT2D eigenvalue weighted by Gasteiger charge is 2.32. The summed E-state index contributed by atoms with van der Waals surface area (Å²) in [5, 5.41) is 12.0. The summed E-state index contributed by atoms with van der Waals surface area (Å²) in [5.74, 6) is 0. The third-order valence-corrected chi connectivity index (χ3v) is 3.17. The van der Waals surface area contributed by atoms with Crippen LogP contribution in [0.4, 0.5) is 18.9 Å². The summed E-state index contributed by atoms with van der Waals surface area (Å²) in [6.07, 6.45) is -4.39. The molecule has 0 aliphatic rings. The Morgan fingerprint density at radius 3 is 2.48 bits per heavy atom. The lowest BCUT2D eigenvalue weighted by Crippen LogP contribution is -2.12. The lowest BCUT2D eigenvalue weighted by Gasteiger charge is -2.15. The number of nitrogens with one attached hydrogen (secondary N) is 1. The first kappa shape index (κ1) is 14.9. The molecule has 0 saturated carbocycles. The molecule has 0 aromatic heterocycles. The first-order valence-electron chi connectivity index (χ1n) is 6.32. The third kappa shape index (κ3) is 3.34. The molecule has 0 aliphatic carbocycles. The van der Waals surface area contributed by atoms with Gasteiger partial charge in [0, 0.05) is 6.54 Å². The van der Waals surface area contributed by atoms with Crippen LogP contribution in [0.5, 0.6) is 0 Å². The molecule has 21 heavy (non-hydrogen) atoms. The molecule has 2 nitrogen and oxygen atoms in total. The van der Waals surface area contributed by atoms with Crippen LogP contribution in [-0.2, 0) is 12.7 Å². The second kappa shape index (κ2) is 5.88. The second-order valence-electron chi connectivity index (χ2n) is 4.62. The van der Waals surface area contributed by atoms with Gasteiger partial charge >= 0.3 is 6.18 Å². The van der Waals surface area contributed by atoms with Gasteiger partial charge in [0.05, 0.1) is 16.8 Å². The van der Waals surface area contributed by atoms with Crippen molar-refractivity contribution < 1.29 is 13.2 Å². The largest absolute Gasteiger partial charge is 0.416 e. The predicted octanol–water partition coefficient (Wildman–Crippen LogP) is 4.50. The van der Waals surface area contributed by atoms with Crippen LogP contribution in [0.3, 0.4) is 0 Å². The molecule has 108 valence electrons. The normalized spacial score (nSPS) is 11.0. The molecular formula is C16H13F3N2. The Hall–Kier alpha value is -2.48. The fraction of sp³-hybridized carbons (Fsp3) is 0.188. The van der Waals surface area contributed by atoms with Gasteiger partial charge in [0.15, 0.2) is 0 Å². The maximum Gasteiger partial charge on any atom is 0.416 e. The van der Waals surface area contributed by atoms with E-state index in [9.17, 15) is 13.2 Å². The molecule has 0 fully saturated rings. The summed E-state index contributed by atoms with van der Waals surface area (Å²) in [7, 11) is 0. The van der Waals surface area contributed by atoms with Crippen molar-refractivity contribution in [2.45, 2.75) is 19.6 Å². The minimum atomic E-state index is -4.39. The fourth-order valence-electron chi connectivity index (χ4n) is 2.13. The zero-order valence-electron chi connectivity index (χ0n) is 11.3. The zero-order chi connectivity index (χ0) is 15.5. The van der Waals surface area contributed by atoms with E-state index in [2.05, 4.69) is 5.32 Å². The first-order valence-corrected chi connectivity index (χ1v) is 6.32. The number of nitrogens with zero attached hydrogens (tertiary/aromatic N) is 1. The molecule has 0 bridgehead atoms. The molecule has 2 aromatic rings. The molecule has 5 heteroatoms. The van der Waals surface area contributed by atoms with E-state index in [1.54, 1.807) is 31.2 Å². The van der Waals surface area contributed by atoms with Crippen LogP contribution in [0.15, 0.2) is 42.5 Å². The Balaban J connectivity index is 2.29. The van der Waals surface area contributed by atoms with Gasteiger partial charge in [-0.3, -0.25) is 0 Å². The minimum Gasteiger partial charge on any atom is -0.380 e. The van der Waals surface area contributed by atoms with Crippen LogP contribution in [0.1, 0.15) is 22.3 Å². The van der Waals surface area contributed by atoms with Crippen LogP contribution >= 0.6 is 0 Å². The number of para-hydroxylation sites is 1. The van der Waals surface area contributed by atoms with Crippen molar-refractivity contribution in [3.05, 3.63) is 64.7 Å². The summed E-state index contributed by atoms with van der Waals surface area (Å²) in [6.45, 7) is 1.81. The highest BCUT2D eigenvalue weighted by atomic mass is 19.4. The van der Waals surface area contributed by atoms with E-state index in [0.29, 0.717) is 11.3 Å². The number of aryl methyl sites for hydroxylation is 1. The van der Waals surface area contributed by atoms with Gasteiger partial charge in [-0.25, -0.2) is 0 Å². The van der Waals surface area contributed by atoms with E-state index < -0.39 is 11.7 Å². The Labute approximate surface area is 120 Å². The highest BCUT2D eigenvalue weighted by Crippen LogP contribution is 2.32. The number of alkyl halides is 3. The standard InChI is InChI=1S/C16H13F3N2/c1-11-5-4-7-12(9-20)15(11)21-10-13-6-2-3-8-14(13)16(17,18)19/h2-8,21H,10H2,1H3. The molecule has 0 amide bonds. The molecule has 2 rings (SSSR count). The average Bonchev–Trinajstić information content (AvgIpc) is 2.45. The molecule has 1 N–H and O–H groups in total. The lowest BCUT2D eigenvalue weighted by molar-refractivity contribution is -0.138. The molecule has 2 aromatic carbocycles. The molecule has 0 atom stereocenters. The summed E-state index contributed by atoms with van der Waals surface area (Å²) in [4.78, 5) is 0. The SMILES string of the molecule is Cc1cccc(C#N)c1NCc1ccccc1C(F)(F)F. The maximum absolute atomic E-state index is 12.9. The summed E-state index contributed by atoms with van der Waals surface area (Å²) >= 11 is 0. The molecule has 0 aliphatic heterocycles. The van der Waals surface area contributed by atoms with Crippen molar-refractivity contribution in [3.8, 4) is 6.07 Å². The van der Waals surface area contributed by atoms with E-state index in [-0.39, 0.29) is 12.1 Å². The van der Waals surface area contributed by atoms with E-state index in [1.165, 1.54) is 12.1 Å². The Morgan fingerprint density at radius 2 is 1.81 bits per heavy atom. The van der Waals surface area contributed by atoms with Gasteiger partial charge < -0.3 is 5.32 Å². The lowest BCUT2D eigenvalue weighted by atomic mass is 10.1. The van der Waals surface area contributed by atoms with Crippen molar-refractivity contribution in [1.29, 1.82) is 5.26 Å². The summed E-state index contributed by atoms with van der Waals surface area (Å²) in [6, 6.07) is 12.6. The van der Waals surface area contributed by atoms with Crippen LogP contribution in [0.25, 0.3) is 0 Å². The molecule has 0 heterocycles. The van der Waals surface area contributed by atoms with Crippen LogP contribution in [0.2, 0.25) is 0 Å². The van der Waals surface area contributed by atoms with Gasteiger partial charge in [0.1, 0.15) is 6.07 Å². The smallest absolute Gasteiger partial charge is 0.380 e. The van der Waals surface area contributed by atoms with Crippen molar-refractivity contribution in [2.75, 3.05) is 5.32 Å². The number of halogens is 3. The topological polar surface area (TPSA) is 35.8 Å². The second-order valence-corrected chi connectivity index (χ2v) is 4.62. The van der Waals surface area contributed by atoms with E-state index in [0.717, 1.165) is 11.6 Å². The monoisotopic (exact) mass is 290 g/mol. The maximum atomic E-state index is 12.9. The quantitative estimate of drug-likeness (QED) is 0.903. The van der Waals surface area contributed by atoms with Crippen molar-refractivity contribution in [3.63, 3.8) is 0 Å². The molecule has 0 radical (unpaired) electrons. The van der Waals surface area contributed by atoms with Crippen LogP contribution in [-0.4, -0.2) is 0 Å². The van der Waals surface area contributed by atoms with E-state index in [4.69, 9.17) is 5.26 Å². The van der Waals surface area contributed by atoms with Gasteiger partial charge in [0.25, 0.3) is 0 Å². The Kier molecular flexibility index (Phi) is 4.18. The third-order valence-electron chi connectivity index (χ3n) is 3.17. The van der Waals surface area contributed by atoms with Gasteiger partial charge in [0.2, 0.25) is 0 Å². The number of hydrogen-bond donors (Lipinski definition) is 1. The molecule has 0 unspecified atom stereocenters. The fourth-order valence-corrected chi connectivity index (χ4v) is 2.13. The van der Waals surface area contributed by atoms with Gasteiger partial charge in [-0.1, -0.05) is 30.3 Å². The van der Waals surface area contributed by atoms with Crippen molar-refractivity contribution >= 4 is 5.69 Å². The predicted molar refractivity (Wildman–Crippen MR) is 74.7 cm³/mol. The average molecular weight is 290 g/mol. The Bertz CT molecular complexity index is 685. The summed E-state index contributed by atoms with van der Waals surface area (Å²) in [5.41, 5.74) is 1.29. The highest BCUT2D eigenvalue weighted by molar-refractivity contribution is 5.62. The number of benzene rings is 2. The van der Waals surface area contributed by atoms with Gasteiger partial charge in [-0.05, 0) is 30.2 Å². The number of rotatable bonds is 3. The molecule has 0 spiro atoms. The van der Waals surface area contributed by atoms with E-state index in [1.807, 2.05) is 6.07 Å². The van der Waals surface area contributed by atoms with Gasteiger partial charge in [-0.15, -0.1) is 0 Å². The Morgan fingerprint density at radius 1 is 1.10 bits per heavy atom.